The number of nitrogens with zero attached hydrogens (tertiary/aromatic N) is 2. The number of para-hydroxylation sites is 1. The molecule has 2 aliphatic heterocycles. The molecule has 0 bridgehead atoms. The van der Waals surface area contributed by atoms with Crippen LogP contribution < -0.4 is 20.1 Å². The minimum atomic E-state index is -0.525. The predicted molar refractivity (Wildman–Crippen MR) is 154 cm³/mol. The number of amides is 4. The number of carbonyl (C=O) groups is 3. The van der Waals surface area contributed by atoms with Gasteiger partial charge in [-0.3, -0.25) is 9.59 Å². The van der Waals surface area contributed by atoms with Crippen molar-refractivity contribution >= 4 is 29.2 Å². The Morgan fingerprint density at radius 3 is 2.51 bits per heavy atom. The molecule has 3 atom stereocenters. The van der Waals surface area contributed by atoms with Crippen molar-refractivity contribution in [3.05, 3.63) is 48.0 Å². The van der Waals surface area contributed by atoms with Crippen molar-refractivity contribution in [1.82, 2.24) is 9.80 Å². The van der Waals surface area contributed by atoms with Crippen LogP contribution in [0.1, 0.15) is 37.0 Å². The number of aliphatic hydroxyl groups is 1. The summed E-state index contributed by atoms with van der Waals surface area (Å²) in [4.78, 5) is 43.0. The van der Waals surface area contributed by atoms with Gasteiger partial charge in [-0.1, -0.05) is 13.0 Å². The third-order valence-corrected chi connectivity index (χ3v) is 7.68. The summed E-state index contributed by atoms with van der Waals surface area (Å²) in [5.74, 6) is 0.0886. The van der Waals surface area contributed by atoms with Crippen LogP contribution in [-0.2, 0) is 9.53 Å². The Kier molecular flexibility index (Phi) is 10.1. The van der Waals surface area contributed by atoms with E-state index in [1.165, 1.54) is 4.90 Å². The van der Waals surface area contributed by atoms with Gasteiger partial charge < -0.3 is 39.8 Å². The van der Waals surface area contributed by atoms with Crippen molar-refractivity contribution in [3.63, 3.8) is 0 Å². The molecule has 4 amide bonds. The van der Waals surface area contributed by atoms with E-state index in [4.69, 9.17) is 14.2 Å². The average Bonchev–Trinajstić information content (AvgIpc) is 2.99. The number of benzene rings is 2. The predicted octanol–water partition coefficient (Wildman–Crippen LogP) is 3.44. The Morgan fingerprint density at radius 2 is 1.85 bits per heavy atom. The number of rotatable bonds is 8. The largest absolute Gasteiger partial charge is 0.497 e. The molecule has 11 heteroatoms. The Bertz CT molecular complexity index is 1220. The van der Waals surface area contributed by atoms with Crippen LogP contribution in [0, 0.1) is 11.8 Å². The number of anilines is 2. The van der Waals surface area contributed by atoms with Crippen LogP contribution in [0.2, 0.25) is 0 Å². The molecule has 2 aliphatic rings. The molecule has 0 aromatic heterocycles. The first-order valence-corrected chi connectivity index (χ1v) is 14.0. The number of hydrogen-bond donors (Lipinski definition) is 3. The van der Waals surface area contributed by atoms with Gasteiger partial charge in [-0.2, -0.15) is 0 Å². The summed E-state index contributed by atoms with van der Waals surface area (Å²) >= 11 is 0. The summed E-state index contributed by atoms with van der Waals surface area (Å²) < 4.78 is 17.1. The molecule has 0 saturated carbocycles. The molecule has 2 heterocycles. The highest BCUT2D eigenvalue weighted by molar-refractivity contribution is 6.02. The number of aliphatic hydroxyl groups excluding tert-OH is 1. The fourth-order valence-corrected chi connectivity index (χ4v) is 5.00. The minimum Gasteiger partial charge on any atom is -0.497 e. The Hall–Kier alpha value is -3.83. The monoisotopic (exact) mass is 568 g/mol. The molecule has 0 unspecified atom stereocenters. The number of methoxy groups -OCH3 is 1. The quantitative estimate of drug-likeness (QED) is 0.445. The third kappa shape index (κ3) is 7.28. The molecule has 2 aromatic carbocycles. The highest BCUT2D eigenvalue weighted by atomic mass is 16.5. The lowest BCUT2D eigenvalue weighted by molar-refractivity contribution is -0.122. The van der Waals surface area contributed by atoms with Crippen molar-refractivity contribution < 1.29 is 33.7 Å². The van der Waals surface area contributed by atoms with Crippen LogP contribution in [0.25, 0.3) is 0 Å². The second kappa shape index (κ2) is 13.7. The van der Waals surface area contributed by atoms with E-state index in [9.17, 15) is 19.5 Å². The Labute approximate surface area is 240 Å². The number of urea groups is 1. The SMILES string of the molecule is COc1ccc(NC(=O)N(C)C[C@@H]2Oc3c(NC(=O)C4CCOCC4)cccc3C(=O)N([C@H](C)CO)C[C@@H]2C)cc1. The molecule has 4 rings (SSSR count). The Morgan fingerprint density at radius 1 is 1.15 bits per heavy atom. The number of likely N-dealkylation sites (N-methyl/N-ethyl adjacent to an activating group) is 1. The zero-order valence-electron chi connectivity index (χ0n) is 24.1. The summed E-state index contributed by atoms with van der Waals surface area (Å²) in [5, 5.41) is 15.8. The lowest BCUT2D eigenvalue weighted by Gasteiger charge is -2.38. The van der Waals surface area contributed by atoms with Gasteiger partial charge in [0.2, 0.25) is 5.91 Å². The summed E-state index contributed by atoms with van der Waals surface area (Å²) in [6.07, 6.45) is 0.717. The zero-order valence-corrected chi connectivity index (χ0v) is 24.1. The topological polar surface area (TPSA) is 130 Å². The van der Waals surface area contributed by atoms with Gasteiger partial charge in [0.1, 0.15) is 11.9 Å². The molecule has 222 valence electrons. The van der Waals surface area contributed by atoms with E-state index in [1.807, 2.05) is 6.92 Å². The summed E-state index contributed by atoms with van der Waals surface area (Å²) in [7, 11) is 3.25. The number of hydrogen-bond acceptors (Lipinski definition) is 7. The second-order valence-corrected chi connectivity index (χ2v) is 10.7. The van der Waals surface area contributed by atoms with E-state index in [1.54, 1.807) is 68.4 Å². The van der Waals surface area contributed by atoms with Gasteiger partial charge in [-0.05, 0) is 56.2 Å². The molecule has 11 nitrogen and oxygen atoms in total. The van der Waals surface area contributed by atoms with Crippen LogP contribution >= 0.6 is 0 Å². The van der Waals surface area contributed by atoms with Crippen LogP contribution in [0.5, 0.6) is 11.5 Å². The molecule has 0 aliphatic carbocycles. The molecule has 2 aromatic rings. The van der Waals surface area contributed by atoms with E-state index in [0.717, 1.165) is 0 Å². The van der Waals surface area contributed by atoms with Crippen molar-refractivity contribution in [2.45, 2.75) is 38.8 Å². The van der Waals surface area contributed by atoms with Gasteiger partial charge in [0.25, 0.3) is 5.91 Å². The van der Waals surface area contributed by atoms with Crippen molar-refractivity contribution in [3.8, 4) is 11.5 Å². The van der Waals surface area contributed by atoms with Gasteiger partial charge in [0.15, 0.2) is 5.75 Å². The van der Waals surface area contributed by atoms with Crippen LogP contribution in [0.4, 0.5) is 16.2 Å². The van der Waals surface area contributed by atoms with Gasteiger partial charge >= 0.3 is 6.03 Å². The number of ether oxygens (including phenoxy) is 3. The normalized spacial score (nSPS) is 20.1. The van der Waals surface area contributed by atoms with E-state index in [-0.39, 0.29) is 54.1 Å². The molecule has 1 fully saturated rings. The fraction of sp³-hybridized carbons (Fsp3) is 0.500. The minimum absolute atomic E-state index is 0.152. The first-order valence-electron chi connectivity index (χ1n) is 14.0. The average molecular weight is 569 g/mol. The van der Waals surface area contributed by atoms with Crippen molar-refractivity contribution in [2.24, 2.45) is 11.8 Å². The second-order valence-electron chi connectivity index (χ2n) is 10.7. The smallest absolute Gasteiger partial charge is 0.321 e. The first-order chi connectivity index (χ1) is 19.7. The van der Waals surface area contributed by atoms with E-state index in [2.05, 4.69) is 10.6 Å². The molecule has 1 saturated heterocycles. The third-order valence-electron chi connectivity index (χ3n) is 7.68. The Balaban J connectivity index is 1.60. The zero-order chi connectivity index (χ0) is 29.5. The van der Waals surface area contributed by atoms with Crippen LogP contribution in [0.15, 0.2) is 42.5 Å². The van der Waals surface area contributed by atoms with Crippen LogP contribution in [-0.4, -0.2) is 92.0 Å². The number of fused-ring (bicyclic) bond motifs is 1. The van der Waals surface area contributed by atoms with Gasteiger partial charge in [-0.15, -0.1) is 0 Å². The molecule has 0 spiro atoms. The van der Waals surface area contributed by atoms with Gasteiger partial charge in [0.05, 0.1) is 37.6 Å². The highest BCUT2D eigenvalue weighted by Crippen LogP contribution is 2.35. The standard InChI is InChI=1S/C30H40N4O7/c1-19-16-34(20(2)18-35)29(37)24-6-5-7-25(32-28(36)21-12-14-40-15-13-21)27(24)41-26(19)17-33(3)30(38)31-22-8-10-23(39-4)11-9-22/h5-11,19-21,26,35H,12-18H2,1-4H3,(H,31,38)(H,32,36)/t19-,20+,26-/m0/s1. The molecule has 3 N–H and O–H groups in total. The highest BCUT2D eigenvalue weighted by Gasteiger charge is 2.35. The summed E-state index contributed by atoms with van der Waals surface area (Å²) in [6.45, 7) is 5.10. The number of nitrogens with one attached hydrogen (secondary N) is 2. The van der Waals surface area contributed by atoms with Gasteiger partial charge in [0, 0.05) is 44.3 Å². The van der Waals surface area contributed by atoms with E-state index < -0.39 is 12.1 Å². The maximum absolute atomic E-state index is 13.7. The molecule has 41 heavy (non-hydrogen) atoms. The lowest BCUT2D eigenvalue weighted by Crippen LogP contribution is -2.50. The fourth-order valence-electron chi connectivity index (χ4n) is 5.00. The number of carbonyl (C=O) groups excluding carboxylic acids is 3. The van der Waals surface area contributed by atoms with Crippen molar-refractivity contribution in [1.29, 1.82) is 0 Å². The first kappa shape index (κ1) is 30.1. The molecular weight excluding hydrogens is 528 g/mol. The molecular formula is C30H40N4O7. The summed E-state index contributed by atoms with van der Waals surface area (Å²) in [6, 6.07) is 11.3. The van der Waals surface area contributed by atoms with E-state index in [0.29, 0.717) is 49.7 Å². The van der Waals surface area contributed by atoms with Crippen molar-refractivity contribution in [2.75, 3.05) is 57.7 Å². The van der Waals surface area contributed by atoms with E-state index >= 15 is 0 Å². The van der Waals surface area contributed by atoms with Gasteiger partial charge in [-0.25, -0.2) is 4.79 Å². The maximum atomic E-state index is 13.7. The lowest BCUT2D eigenvalue weighted by atomic mass is 9.98. The maximum Gasteiger partial charge on any atom is 0.321 e. The molecule has 0 radical (unpaired) electrons. The van der Waals surface area contributed by atoms with Crippen LogP contribution in [0.3, 0.4) is 0 Å². The summed E-state index contributed by atoms with van der Waals surface area (Å²) in [5.41, 5.74) is 1.30.